The number of amides is 1. The van der Waals surface area contributed by atoms with Crippen molar-refractivity contribution in [3.8, 4) is 5.75 Å². The number of hydrogen-bond donors (Lipinski definition) is 2. The molecule has 0 saturated heterocycles. The van der Waals surface area contributed by atoms with Crippen molar-refractivity contribution in [2.45, 2.75) is 25.8 Å². The van der Waals surface area contributed by atoms with Gasteiger partial charge in [0.25, 0.3) is 0 Å². The molecule has 1 atom stereocenters. The highest BCUT2D eigenvalue weighted by atomic mass is 16.5. The zero-order chi connectivity index (χ0) is 16.9. The SMILES string of the molecule is COc1cccc(CCC(=O)NC(C)c2nc3ccccc3[nH]2)c1. The van der Waals surface area contributed by atoms with Gasteiger partial charge in [0.15, 0.2) is 0 Å². The van der Waals surface area contributed by atoms with Crippen molar-refractivity contribution in [2.75, 3.05) is 7.11 Å². The number of nitrogens with zero attached hydrogens (tertiary/aromatic N) is 1. The summed E-state index contributed by atoms with van der Waals surface area (Å²) in [5.41, 5.74) is 2.97. The predicted octanol–water partition coefficient (Wildman–Crippen LogP) is 3.38. The van der Waals surface area contributed by atoms with Gasteiger partial charge < -0.3 is 15.0 Å². The van der Waals surface area contributed by atoms with E-state index in [4.69, 9.17) is 4.74 Å². The van der Waals surface area contributed by atoms with Crippen molar-refractivity contribution in [2.24, 2.45) is 0 Å². The number of methoxy groups -OCH3 is 1. The van der Waals surface area contributed by atoms with Gasteiger partial charge in [-0.05, 0) is 43.2 Å². The summed E-state index contributed by atoms with van der Waals surface area (Å²) < 4.78 is 5.20. The highest BCUT2D eigenvalue weighted by Crippen LogP contribution is 2.16. The molecule has 124 valence electrons. The van der Waals surface area contributed by atoms with Crippen LogP contribution in [0.15, 0.2) is 48.5 Å². The molecule has 5 nitrogen and oxygen atoms in total. The van der Waals surface area contributed by atoms with Crippen LogP contribution in [-0.2, 0) is 11.2 Å². The van der Waals surface area contributed by atoms with Gasteiger partial charge >= 0.3 is 0 Å². The highest BCUT2D eigenvalue weighted by Gasteiger charge is 2.13. The van der Waals surface area contributed by atoms with Crippen LogP contribution < -0.4 is 10.1 Å². The Morgan fingerprint density at radius 1 is 1.25 bits per heavy atom. The first-order valence-corrected chi connectivity index (χ1v) is 8.02. The molecule has 5 heteroatoms. The molecule has 2 N–H and O–H groups in total. The van der Waals surface area contributed by atoms with Gasteiger partial charge in [-0.25, -0.2) is 4.98 Å². The lowest BCUT2D eigenvalue weighted by molar-refractivity contribution is -0.121. The fraction of sp³-hybridized carbons (Fsp3) is 0.263. The maximum absolute atomic E-state index is 12.2. The van der Waals surface area contributed by atoms with Gasteiger partial charge in [0.05, 0.1) is 24.2 Å². The topological polar surface area (TPSA) is 67.0 Å². The fourth-order valence-corrected chi connectivity index (χ4v) is 2.65. The second-order valence-corrected chi connectivity index (χ2v) is 5.78. The summed E-state index contributed by atoms with van der Waals surface area (Å²) >= 11 is 0. The van der Waals surface area contributed by atoms with Crippen molar-refractivity contribution < 1.29 is 9.53 Å². The van der Waals surface area contributed by atoms with Crippen LogP contribution in [0.2, 0.25) is 0 Å². The molecule has 1 amide bonds. The highest BCUT2D eigenvalue weighted by molar-refractivity contribution is 5.77. The van der Waals surface area contributed by atoms with Gasteiger partial charge in [0, 0.05) is 6.42 Å². The van der Waals surface area contributed by atoms with Crippen molar-refractivity contribution in [1.29, 1.82) is 0 Å². The lowest BCUT2D eigenvalue weighted by Crippen LogP contribution is -2.27. The minimum atomic E-state index is -0.157. The Hall–Kier alpha value is -2.82. The lowest BCUT2D eigenvalue weighted by Gasteiger charge is -2.11. The summed E-state index contributed by atoms with van der Waals surface area (Å²) in [5.74, 6) is 1.58. The second kappa shape index (κ2) is 7.17. The largest absolute Gasteiger partial charge is 0.497 e. The molecule has 0 bridgehead atoms. The average molecular weight is 323 g/mol. The maximum atomic E-state index is 12.2. The standard InChI is InChI=1S/C19H21N3O2/c1-13(19-21-16-8-3-4-9-17(16)22-19)20-18(23)11-10-14-6-5-7-15(12-14)24-2/h3-9,12-13H,10-11H2,1-2H3,(H,20,23)(H,21,22). The molecule has 0 fully saturated rings. The minimum Gasteiger partial charge on any atom is -0.497 e. The number of nitrogens with one attached hydrogen (secondary N) is 2. The van der Waals surface area contributed by atoms with E-state index in [2.05, 4.69) is 15.3 Å². The van der Waals surface area contributed by atoms with Gasteiger partial charge in [-0.1, -0.05) is 24.3 Å². The van der Waals surface area contributed by atoms with Crippen LogP contribution in [0.4, 0.5) is 0 Å². The number of hydrogen-bond acceptors (Lipinski definition) is 3. The Morgan fingerprint density at radius 3 is 2.88 bits per heavy atom. The fourth-order valence-electron chi connectivity index (χ4n) is 2.65. The molecule has 0 spiro atoms. The van der Waals surface area contributed by atoms with E-state index in [1.54, 1.807) is 7.11 Å². The summed E-state index contributed by atoms with van der Waals surface area (Å²) in [4.78, 5) is 20.0. The van der Waals surface area contributed by atoms with E-state index in [1.165, 1.54) is 0 Å². The number of benzene rings is 2. The molecular weight excluding hydrogens is 302 g/mol. The summed E-state index contributed by atoms with van der Waals surface area (Å²) in [6.45, 7) is 1.93. The molecule has 1 unspecified atom stereocenters. The van der Waals surface area contributed by atoms with E-state index in [1.807, 2.05) is 55.5 Å². The van der Waals surface area contributed by atoms with Gasteiger partial charge in [0.2, 0.25) is 5.91 Å². The zero-order valence-electron chi connectivity index (χ0n) is 13.9. The van der Waals surface area contributed by atoms with Gasteiger partial charge in [-0.3, -0.25) is 4.79 Å². The number of ether oxygens (including phenoxy) is 1. The summed E-state index contributed by atoms with van der Waals surface area (Å²) in [5, 5.41) is 2.99. The molecule has 0 aliphatic rings. The molecule has 1 heterocycles. The minimum absolute atomic E-state index is 0.00535. The normalized spacial score (nSPS) is 12.1. The molecule has 3 rings (SSSR count). The Balaban J connectivity index is 1.57. The average Bonchev–Trinajstić information content (AvgIpc) is 3.04. The van der Waals surface area contributed by atoms with E-state index >= 15 is 0 Å². The van der Waals surface area contributed by atoms with E-state index in [-0.39, 0.29) is 11.9 Å². The van der Waals surface area contributed by atoms with Crippen molar-refractivity contribution >= 4 is 16.9 Å². The second-order valence-electron chi connectivity index (χ2n) is 5.78. The van der Waals surface area contributed by atoms with Crippen molar-refractivity contribution in [1.82, 2.24) is 15.3 Å². The lowest BCUT2D eigenvalue weighted by atomic mass is 10.1. The van der Waals surface area contributed by atoms with Crippen molar-refractivity contribution in [3.63, 3.8) is 0 Å². The molecule has 0 saturated carbocycles. The Morgan fingerprint density at radius 2 is 2.08 bits per heavy atom. The van der Waals surface area contributed by atoms with Gasteiger partial charge in [-0.2, -0.15) is 0 Å². The smallest absolute Gasteiger partial charge is 0.220 e. The molecule has 3 aromatic rings. The van der Waals surface area contributed by atoms with E-state index in [0.717, 1.165) is 28.2 Å². The number of H-pyrrole nitrogens is 1. The Labute approximate surface area is 141 Å². The summed E-state index contributed by atoms with van der Waals surface area (Å²) in [7, 11) is 1.64. The first-order valence-electron chi connectivity index (χ1n) is 8.02. The van der Waals surface area contributed by atoms with E-state index in [0.29, 0.717) is 12.8 Å². The monoisotopic (exact) mass is 323 g/mol. The van der Waals surface area contributed by atoms with Gasteiger partial charge in [-0.15, -0.1) is 0 Å². The molecule has 0 aliphatic carbocycles. The van der Waals surface area contributed by atoms with Crippen LogP contribution in [0.25, 0.3) is 11.0 Å². The zero-order valence-corrected chi connectivity index (χ0v) is 13.9. The third-order valence-corrected chi connectivity index (χ3v) is 3.97. The molecule has 1 aromatic heterocycles. The number of carbonyl (C=O) groups excluding carboxylic acids is 1. The number of fused-ring (bicyclic) bond motifs is 1. The third-order valence-electron chi connectivity index (χ3n) is 3.97. The number of para-hydroxylation sites is 2. The van der Waals surface area contributed by atoms with Crippen LogP contribution >= 0.6 is 0 Å². The van der Waals surface area contributed by atoms with Crippen LogP contribution in [0.1, 0.15) is 30.8 Å². The number of aryl methyl sites for hydroxylation is 1. The van der Waals surface area contributed by atoms with Crippen LogP contribution in [0.3, 0.4) is 0 Å². The first kappa shape index (κ1) is 16.1. The predicted molar refractivity (Wildman–Crippen MR) is 94.0 cm³/mol. The maximum Gasteiger partial charge on any atom is 0.220 e. The number of aromatic amines is 1. The summed E-state index contributed by atoms with van der Waals surface area (Å²) in [6, 6.07) is 15.5. The van der Waals surface area contributed by atoms with Crippen LogP contribution in [-0.4, -0.2) is 23.0 Å². The Bertz CT molecular complexity index is 808. The molecule has 24 heavy (non-hydrogen) atoms. The molecule has 0 radical (unpaired) electrons. The first-order chi connectivity index (χ1) is 11.7. The quantitative estimate of drug-likeness (QED) is 0.731. The molecule has 0 aliphatic heterocycles. The molecule has 2 aromatic carbocycles. The van der Waals surface area contributed by atoms with Crippen LogP contribution in [0.5, 0.6) is 5.75 Å². The van der Waals surface area contributed by atoms with Crippen molar-refractivity contribution in [3.05, 3.63) is 59.9 Å². The van der Waals surface area contributed by atoms with Crippen LogP contribution in [0, 0.1) is 0 Å². The number of rotatable bonds is 6. The molecular formula is C19H21N3O2. The van der Waals surface area contributed by atoms with E-state index in [9.17, 15) is 4.79 Å². The van der Waals surface area contributed by atoms with E-state index < -0.39 is 0 Å². The number of carbonyl (C=O) groups is 1. The Kier molecular flexibility index (Phi) is 4.79. The van der Waals surface area contributed by atoms with Gasteiger partial charge in [0.1, 0.15) is 11.6 Å². The summed E-state index contributed by atoms with van der Waals surface area (Å²) in [6.07, 6.45) is 1.10. The number of imidazole rings is 1. The number of aromatic nitrogens is 2. The third kappa shape index (κ3) is 3.74.